The van der Waals surface area contributed by atoms with E-state index >= 15 is 0 Å². The summed E-state index contributed by atoms with van der Waals surface area (Å²) >= 11 is 0. The molecule has 2 aromatic carbocycles. The van der Waals surface area contributed by atoms with Gasteiger partial charge in [-0.15, -0.1) is 0 Å². The van der Waals surface area contributed by atoms with Gasteiger partial charge in [0.1, 0.15) is 0 Å². The fourth-order valence-corrected chi connectivity index (χ4v) is 3.20. The van der Waals surface area contributed by atoms with Gasteiger partial charge < -0.3 is 15.1 Å². The van der Waals surface area contributed by atoms with Crippen LogP contribution in [0, 0.1) is 0 Å². The number of benzene rings is 2. The van der Waals surface area contributed by atoms with Crippen molar-refractivity contribution in [2.24, 2.45) is 0 Å². The van der Waals surface area contributed by atoms with E-state index in [1.165, 1.54) is 6.92 Å². The molecule has 0 bridgehead atoms. The third-order valence-corrected chi connectivity index (χ3v) is 4.52. The molecule has 1 saturated heterocycles. The van der Waals surface area contributed by atoms with Crippen molar-refractivity contribution in [2.45, 2.75) is 13.3 Å². The molecule has 3 amide bonds. The summed E-state index contributed by atoms with van der Waals surface area (Å²) in [5, 5.41) is 2.69. The Balaban J connectivity index is 1.66. The third kappa shape index (κ3) is 4.73. The number of anilines is 1. The molecule has 0 saturated carbocycles. The van der Waals surface area contributed by atoms with Crippen LogP contribution in [0.2, 0.25) is 0 Å². The van der Waals surface area contributed by atoms with E-state index in [2.05, 4.69) is 5.32 Å². The fourth-order valence-electron chi connectivity index (χ4n) is 3.20. The Morgan fingerprint density at radius 2 is 1.37 bits per heavy atom. The molecule has 0 radical (unpaired) electrons. The molecule has 1 aliphatic heterocycles. The molecule has 2 aromatic rings. The van der Waals surface area contributed by atoms with Gasteiger partial charge in [-0.1, -0.05) is 24.3 Å². The normalized spacial score (nSPS) is 14.4. The molecule has 3 rings (SSSR count). The van der Waals surface area contributed by atoms with Crippen molar-refractivity contribution in [3.8, 4) is 0 Å². The lowest BCUT2D eigenvalue weighted by Crippen LogP contribution is -2.37. The van der Waals surface area contributed by atoms with Crippen LogP contribution < -0.4 is 5.32 Å². The van der Waals surface area contributed by atoms with Crippen molar-refractivity contribution >= 4 is 23.4 Å². The number of carbonyl (C=O) groups is 3. The monoisotopic (exact) mass is 365 g/mol. The first kappa shape index (κ1) is 18.6. The van der Waals surface area contributed by atoms with Gasteiger partial charge in [0.2, 0.25) is 5.91 Å². The standard InChI is InChI=1S/C21H23N3O3/c1-16(25)22-19-10-5-9-18(15-19)21(27)24-12-6-11-23(13-14-24)20(26)17-7-3-2-4-8-17/h2-5,7-10,15H,6,11-14H2,1H3,(H,22,25). The lowest BCUT2D eigenvalue weighted by Gasteiger charge is -2.22. The fraction of sp³-hybridized carbons (Fsp3) is 0.286. The summed E-state index contributed by atoms with van der Waals surface area (Å²) in [6, 6.07) is 16.1. The second-order valence-corrected chi connectivity index (χ2v) is 6.57. The van der Waals surface area contributed by atoms with Crippen LogP contribution in [-0.2, 0) is 4.79 Å². The van der Waals surface area contributed by atoms with E-state index in [1.54, 1.807) is 34.1 Å². The number of hydrogen-bond donors (Lipinski definition) is 1. The maximum absolute atomic E-state index is 12.8. The third-order valence-electron chi connectivity index (χ3n) is 4.52. The average molecular weight is 365 g/mol. The molecule has 1 heterocycles. The number of carbonyl (C=O) groups excluding carboxylic acids is 3. The van der Waals surface area contributed by atoms with Crippen LogP contribution in [0.15, 0.2) is 54.6 Å². The minimum Gasteiger partial charge on any atom is -0.337 e. The zero-order chi connectivity index (χ0) is 19.2. The first-order valence-electron chi connectivity index (χ1n) is 9.06. The van der Waals surface area contributed by atoms with Crippen LogP contribution in [-0.4, -0.2) is 53.7 Å². The van der Waals surface area contributed by atoms with Gasteiger partial charge in [-0.3, -0.25) is 14.4 Å². The molecule has 0 aromatic heterocycles. The Morgan fingerprint density at radius 1 is 0.778 bits per heavy atom. The van der Waals surface area contributed by atoms with E-state index in [-0.39, 0.29) is 17.7 Å². The summed E-state index contributed by atoms with van der Waals surface area (Å²) < 4.78 is 0. The van der Waals surface area contributed by atoms with Gasteiger partial charge >= 0.3 is 0 Å². The van der Waals surface area contributed by atoms with Crippen LogP contribution in [0.1, 0.15) is 34.1 Å². The average Bonchev–Trinajstić information content (AvgIpc) is 2.93. The maximum Gasteiger partial charge on any atom is 0.253 e. The maximum atomic E-state index is 12.8. The van der Waals surface area contributed by atoms with Crippen molar-refractivity contribution < 1.29 is 14.4 Å². The van der Waals surface area contributed by atoms with Gasteiger partial charge in [0, 0.05) is 49.9 Å². The van der Waals surface area contributed by atoms with Gasteiger partial charge in [-0.25, -0.2) is 0 Å². The summed E-state index contributed by atoms with van der Waals surface area (Å²) in [6.07, 6.45) is 0.732. The van der Waals surface area contributed by atoms with Crippen LogP contribution in [0.5, 0.6) is 0 Å². The summed E-state index contributed by atoms with van der Waals surface area (Å²) in [5.41, 5.74) is 1.80. The Kier molecular flexibility index (Phi) is 5.86. The predicted molar refractivity (Wildman–Crippen MR) is 104 cm³/mol. The van der Waals surface area contributed by atoms with Crippen LogP contribution >= 0.6 is 0 Å². The van der Waals surface area contributed by atoms with E-state index in [0.717, 1.165) is 6.42 Å². The molecule has 0 atom stereocenters. The lowest BCUT2D eigenvalue weighted by molar-refractivity contribution is -0.114. The zero-order valence-electron chi connectivity index (χ0n) is 15.4. The minimum absolute atomic E-state index is 0.00226. The molecule has 0 aliphatic carbocycles. The summed E-state index contributed by atoms with van der Waals surface area (Å²) in [7, 11) is 0. The largest absolute Gasteiger partial charge is 0.337 e. The first-order chi connectivity index (χ1) is 13.0. The Labute approximate surface area is 158 Å². The number of nitrogens with zero attached hydrogens (tertiary/aromatic N) is 2. The van der Waals surface area contributed by atoms with Crippen molar-refractivity contribution in [1.29, 1.82) is 0 Å². The summed E-state index contributed by atoms with van der Waals surface area (Å²) in [6.45, 7) is 3.65. The molecule has 1 aliphatic rings. The molecule has 6 nitrogen and oxygen atoms in total. The van der Waals surface area contributed by atoms with Crippen LogP contribution in [0.4, 0.5) is 5.69 Å². The highest BCUT2D eigenvalue weighted by Crippen LogP contribution is 2.15. The molecular weight excluding hydrogens is 342 g/mol. The predicted octanol–water partition coefficient (Wildman–Crippen LogP) is 2.63. The van der Waals surface area contributed by atoms with E-state index in [4.69, 9.17) is 0 Å². The van der Waals surface area contributed by atoms with Gasteiger partial charge in [0.15, 0.2) is 0 Å². The number of amides is 3. The number of rotatable bonds is 3. The van der Waals surface area contributed by atoms with Gasteiger partial charge in [0.05, 0.1) is 0 Å². The Morgan fingerprint density at radius 3 is 2.00 bits per heavy atom. The van der Waals surface area contributed by atoms with Crippen molar-refractivity contribution in [2.75, 3.05) is 31.5 Å². The molecule has 140 valence electrons. The van der Waals surface area contributed by atoms with Gasteiger partial charge in [0.25, 0.3) is 11.8 Å². The van der Waals surface area contributed by atoms with Crippen molar-refractivity contribution in [3.05, 3.63) is 65.7 Å². The number of hydrogen-bond acceptors (Lipinski definition) is 3. The van der Waals surface area contributed by atoms with Crippen molar-refractivity contribution in [3.63, 3.8) is 0 Å². The lowest BCUT2D eigenvalue weighted by atomic mass is 10.1. The highest BCUT2D eigenvalue weighted by atomic mass is 16.2. The SMILES string of the molecule is CC(=O)Nc1cccc(C(=O)N2CCCN(C(=O)c3ccccc3)CC2)c1. The van der Waals surface area contributed by atoms with E-state index in [9.17, 15) is 14.4 Å². The molecule has 1 fully saturated rings. The Hall–Kier alpha value is -3.15. The number of nitrogens with one attached hydrogen (secondary N) is 1. The molecule has 0 spiro atoms. The second kappa shape index (κ2) is 8.49. The molecule has 6 heteroatoms. The highest BCUT2D eigenvalue weighted by molar-refractivity contribution is 5.97. The minimum atomic E-state index is -0.176. The van der Waals surface area contributed by atoms with Crippen molar-refractivity contribution in [1.82, 2.24) is 9.80 Å². The first-order valence-corrected chi connectivity index (χ1v) is 9.06. The quantitative estimate of drug-likeness (QED) is 0.909. The van der Waals surface area contributed by atoms with Gasteiger partial charge in [-0.2, -0.15) is 0 Å². The molecule has 1 N–H and O–H groups in total. The van der Waals surface area contributed by atoms with E-state index in [0.29, 0.717) is 43.0 Å². The Bertz CT molecular complexity index is 836. The molecule has 0 unspecified atom stereocenters. The molecule has 27 heavy (non-hydrogen) atoms. The van der Waals surface area contributed by atoms with Crippen LogP contribution in [0.25, 0.3) is 0 Å². The second-order valence-electron chi connectivity index (χ2n) is 6.57. The van der Waals surface area contributed by atoms with Crippen LogP contribution in [0.3, 0.4) is 0 Å². The van der Waals surface area contributed by atoms with E-state index < -0.39 is 0 Å². The molecular formula is C21H23N3O3. The van der Waals surface area contributed by atoms with Gasteiger partial charge in [-0.05, 0) is 36.8 Å². The smallest absolute Gasteiger partial charge is 0.253 e. The van der Waals surface area contributed by atoms with E-state index in [1.807, 2.05) is 30.3 Å². The highest BCUT2D eigenvalue weighted by Gasteiger charge is 2.23. The summed E-state index contributed by atoms with van der Waals surface area (Å²) in [5.74, 6) is -0.266. The summed E-state index contributed by atoms with van der Waals surface area (Å²) in [4.78, 5) is 40.3. The topological polar surface area (TPSA) is 69.7 Å². The zero-order valence-corrected chi connectivity index (χ0v) is 15.4.